The lowest BCUT2D eigenvalue weighted by Gasteiger charge is -2.11. The minimum absolute atomic E-state index is 0.297. The van der Waals surface area contributed by atoms with Gasteiger partial charge in [-0.05, 0) is 49.2 Å². The van der Waals surface area contributed by atoms with Crippen LogP contribution in [0, 0.1) is 6.92 Å². The van der Waals surface area contributed by atoms with Crippen LogP contribution in [0.15, 0.2) is 40.9 Å². The van der Waals surface area contributed by atoms with Crippen molar-refractivity contribution in [3.63, 3.8) is 0 Å². The summed E-state index contributed by atoms with van der Waals surface area (Å²) in [4.78, 5) is 11.9. The molecule has 0 aliphatic rings. The van der Waals surface area contributed by atoms with E-state index in [0.29, 0.717) is 41.7 Å². The Balaban J connectivity index is 1.70. The third-order valence-corrected chi connectivity index (χ3v) is 4.00. The number of hydrogen-bond donors (Lipinski definition) is 3. The number of nitrogen functional groups attached to an aromatic ring is 1. The SMILES string of the molecule is Cc1ccc(N)c(NC(=O)NCCCOc2ccc(Br)cc2Cl)c1. The van der Waals surface area contributed by atoms with Crippen LogP contribution >= 0.6 is 27.5 Å². The number of halogens is 2. The fourth-order valence-electron chi connectivity index (χ4n) is 1.99. The van der Waals surface area contributed by atoms with Crippen LogP contribution in [0.2, 0.25) is 5.02 Å². The number of rotatable bonds is 6. The zero-order chi connectivity index (χ0) is 17.5. The molecule has 0 bridgehead atoms. The van der Waals surface area contributed by atoms with Gasteiger partial charge in [-0.2, -0.15) is 0 Å². The predicted octanol–water partition coefficient (Wildman–Crippen LogP) is 4.58. The topological polar surface area (TPSA) is 76.4 Å². The van der Waals surface area contributed by atoms with Gasteiger partial charge in [0.05, 0.1) is 23.0 Å². The Kier molecular flexibility index (Phi) is 6.75. The molecule has 0 aromatic heterocycles. The fourth-order valence-corrected chi connectivity index (χ4v) is 2.72. The van der Waals surface area contributed by atoms with Crippen molar-refractivity contribution in [2.75, 3.05) is 24.2 Å². The Morgan fingerprint density at radius 3 is 2.83 bits per heavy atom. The summed E-state index contributed by atoms with van der Waals surface area (Å²) in [5.74, 6) is 0.622. The van der Waals surface area contributed by atoms with Crippen LogP contribution in [0.5, 0.6) is 5.75 Å². The van der Waals surface area contributed by atoms with E-state index >= 15 is 0 Å². The highest BCUT2D eigenvalue weighted by Gasteiger charge is 2.05. The minimum Gasteiger partial charge on any atom is -0.492 e. The van der Waals surface area contributed by atoms with Crippen molar-refractivity contribution in [1.82, 2.24) is 5.32 Å². The van der Waals surface area contributed by atoms with Crippen LogP contribution in [-0.4, -0.2) is 19.2 Å². The van der Waals surface area contributed by atoms with E-state index in [1.54, 1.807) is 18.2 Å². The molecular weight excluding hydrogens is 394 g/mol. The molecule has 0 saturated heterocycles. The average molecular weight is 413 g/mol. The summed E-state index contributed by atoms with van der Waals surface area (Å²) in [6.45, 7) is 2.87. The van der Waals surface area contributed by atoms with E-state index in [-0.39, 0.29) is 6.03 Å². The molecule has 2 aromatic rings. The number of aryl methyl sites for hydroxylation is 1. The molecule has 0 unspecified atom stereocenters. The van der Waals surface area contributed by atoms with Crippen molar-refractivity contribution in [2.24, 2.45) is 0 Å². The second-order valence-electron chi connectivity index (χ2n) is 5.25. The van der Waals surface area contributed by atoms with Gasteiger partial charge in [0.15, 0.2) is 0 Å². The molecule has 24 heavy (non-hydrogen) atoms. The maximum absolute atomic E-state index is 11.9. The van der Waals surface area contributed by atoms with E-state index in [0.717, 1.165) is 10.0 Å². The highest BCUT2D eigenvalue weighted by molar-refractivity contribution is 9.10. The van der Waals surface area contributed by atoms with Gasteiger partial charge in [0.25, 0.3) is 0 Å². The molecule has 2 aromatic carbocycles. The fraction of sp³-hybridized carbons (Fsp3) is 0.235. The lowest BCUT2D eigenvalue weighted by Crippen LogP contribution is -2.30. The van der Waals surface area contributed by atoms with E-state index in [4.69, 9.17) is 22.1 Å². The minimum atomic E-state index is -0.297. The standard InChI is InChI=1S/C17H19BrClN3O2/c1-11-3-5-14(20)15(9-11)22-17(23)21-7-2-8-24-16-6-4-12(18)10-13(16)19/h3-6,9-10H,2,7-8,20H2,1H3,(H2,21,22,23). The van der Waals surface area contributed by atoms with Crippen molar-refractivity contribution in [2.45, 2.75) is 13.3 Å². The summed E-state index contributed by atoms with van der Waals surface area (Å²) in [5, 5.41) is 6.04. The summed E-state index contributed by atoms with van der Waals surface area (Å²) in [5.41, 5.74) is 7.99. The van der Waals surface area contributed by atoms with Crippen LogP contribution in [0.3, 0.4) is 0 Å². The number of nitrogens with two attached hydrogens (primary N) is 1. The number of carbonyl (C=O) groups is 1. The number of urea groups is 1. The quantitative estimate of drug-likeness (QED) is 0.480. The van der Waals surface area contributed by atoms with Crippen LogP contribution < -0.4 is 21.1 Å². The van der Waals surface area contributed by atoms with Crippen LogP contribution in [0.1, 0.15) is 12.0 Å². The molecule has 0 aliphatic carbocycles. The monoisotopic (exact) mass is 411 g/mol. The molecule has 0 saturated carbocycles. The second kappa shape index (κ2) is 8.80. The maximum Gasteiger partial charge on any atom is 0.319 e. The first-order valence-electron chi connectivity index (χ1n) is 7.44. The van der Waals surface area contributed by atoms with E-state index in [9.17, 15) is 4.79 Å². The van der Waals surface area contributed by atoms with Crippen molar-refractivity contribution in [3.05, 3.63) is 51.5 Å². The molecule has 0 heterocycles. The highest BCUT2D eigenvalue weighted by atomic mass is 79.9. The third kappa shape index (κ3) is 5.62. The Labute approximate surface area is 154 Å². The second-order valence-corrected chi connectivity index (χ2v) is 6.57. The van der Waals surface area contributed by atoms with E-state index in [2.05, 4.69) is 26.6 Å². The van der Waals surface area contributed by atoms with Gasteiger partial charge in [-0.15, -0.1) is 0 Å². The molecule has 0 fully saturated rings. The Morgan fingerprint density at radius 1 is 1.29 bits per heavy atom. The number of benzene rings is 2. The van der Waals surface area contributed by atoms with Gasteiger partial charge in [0.2, 0.25) is 0 Å². The summed E-state index contributed by atoms with van der Waals surface area (Å²) in [6.07, 6.45) is 0.656. The molecule has 0 radical (unpaired) electrons. The molecule has 0 aliphatic heterocycles. The van der Waals surface area contributed by atoms with Crippen LogP contribution in [0.25, 0.3) is 0 Å². The van der Waals surface area contributed by atoms with Crippen LogP contribution in [0.4, 0.5) is 16.2 Å². The highest BCUT2D eigenvalue weighted by Crippen LogP contribution is 2.27. The Hall–Kier alpha value is -1.92. The number of nitrogens with one attached hydrogen (secondary N) is 2. The van der Waals surface area contributed by atoms with Crippen LogP contribution in [-0.2, 0) is 0 Å². The molecule has 0 atom stereocenters. The summed E-state index contributed by atoms with van der Waals surface area (Å²) < 4.78 is 6.48. The molecule has 2 amide bonds. The smallest absolute Gasteiger partial charge is 0.319 e. The predicted molar refractivity (Wildman–Crippen MR) is 102 cm³/mol. The van der Waals surface area contributed by atoms with Gasteiger partial charge < -0.3 is 21.1 Å². The van der Waals surface area contributed by atoms with Gasteiger partial charge >= 0.3 is 6.03 Å². The third-order valence-electron chi connectivity index (χ3n) is 3.22. The molecule has 7 heteroatoms. The zero-order valence-electron chi connectivity index (χ0n) is 13.2. The normalized spacial score (nSPS) is 10.3. The van der Waals surface area contributed by atoms with E-state index in [1.165, 1.54) is 0 Å². The largest absolute Gasteiger partial charge is 0.492 e. The van der Waals surface area contributed by atoms with Gasteiger partial charge in [-0.25, -0.2) is 4.79 Å². The summed E-state index contributed by atoms with van der Waals surface area (Å²) in [7, 11) is 0. The van der Waals surface area contributed by atoms with Crippen molar-refractivity contribution in [1.29, 1.82) is 0 Å². The molecule has 0 spiro atoms. The van der Waals surface area contributed by atoms with Gasteiger partial charge in [-0.3, -0.25) is 0 Å². The van der Waals surface area contributed by atoms with Crippen molar-refractivity contribution >= 4 is 44.9 Å². The van der Waals surface area contributed by atoms with E-state index < -0.39 is 0 Å². The first-order valence-corrected chi connectivity index (χ1v) is 8.61. The Morgan fingerprint density at radius 2 is 2.08 bits per heavy atom. The van der Waals surface area contributed by atoms with Gasteiger partial charge in [-0.1, -0.05) is 33.6 Å². The number of ether oxygens (including phenoxy) is 1. The molecule has 128 valence electrons. The van der Waals surface area contributed by atoms with Crippen molar-refractivity contribution in [3.8, 4) is 5.75 Å². The van der Waals surface area contributed by atoms with E-state index in [1.807, 2.05) is 25.1 Å². The lowest BCUT2D eigenvalue weighted by molar-refractivity contribution is 0.250. The molecule has 4 N–H and O–H groups in total. The number of anilines is 2. The van der Waals surface area contributed by atoms with Crippen molar-refractivity contribution < 1.29 is 9.53 Å². The van der Waals surface area contributed by atoms with Gasteiger partial charge in [0, 0.05) is 11.0 Å². The summed E-state index contributed by atoms with van der Waals surface area (Å²) >= 11 is 9.40. The first-order chi connectivity index (χ1) is 11.5. The number of hydrogen-bond acceptors (Lipinski definition) is 3. The number of carbonyl (C=O) groups excluding carboxylic acids is 1. The zero-order valence-corrected chi connectivity index (χ0v) is 15.6. The molecular formula is C17H19BrClN3O2. The molecule has 5 nitrogen and oxygen atoms in total. The van der Waals surface area contributed by atoms with Gasteiger partial charge in [0.1, 0.15) is 5.75 Å². The number of amides is 2. The Bertz CT molecular complexity index is 725. The first kappa shape index (κ1) is 18.4. The average Bonchev–Trinajstić information content (AvgIpc) is 2.52. The molecule has 2 rings (SSSR count). The lowest BCUT2D eigenvalue weighted by atomic mass is 10.2. The summed E-state index contributed by atoms with van der Waals surface area (Å²) in [6, 6.07) is 10.6. The maximum atomic E-state index is 11.9.